The summed E-state index contributed by atoms with van der Waals surface area (Å²) in [5, 5.41) is 15.7. The molecule has 728 valence electrons. The molecule has 0 atom stereocenters. The Bertz CT molecular complexity index is 8020. The van der Waals surface area contributed by atoms with Crippen molar-refractivity contribution in [2.24, 2.45) is 84.6 Å². The van der Waals surface area contributed by atoms with Crippen molar-refractivity contribution >= 4 is 172 Å². The first-order valence-electron chi connectivity index (χ1n) is 40.1. The zero-order valence-electron chi connectivity index (χ0n) is 76.5. The van der Waals surface area contributed by atoms with Gasteiger partial charge < -0.3 is 129 Å². The minimum Gasteiger partial charge on any atom is -0.480 e. The third-order valence-corrected chi connectivity index (χ3v) is 19.2. The number of H-pyrrole nitrogens is 3. The second-order valence-electron chi connectivity index (χ2n) is 30.0. The third-order valence-electron chi connectivity index (χ3n) is 19.0. The minimum atomic E-state index is -0.925. The van der Waals surface area contributed by atoms with Gasteiger partial charge in [0.1, 0.15) is 45.6 Å². The summed E-state index contributed by atoms with van der Waals surface area (Å²) in [4.78, 5) is 193. The molecule has 139 heavy (non-hydrogen) atoms. The number of aromatic nitrogens is 38. The molecule has 19 aromatic rings. The number of nitrogens with two attached hydrogens (primary N) is 11. The molecular weight excluding hydrogens is 1840 g/mol. The van der Waals surface area contributed by atoms with Crippen LogP contribution in [0.5, 0.6) is 0 Å². The number of hydrogen-bond acceptors (Lipinski definition) is 45. The van der Waals surface area contributed by atoms with E-state index in [9.17, 15) is 47.5 Å². The van der Waals surface area contributed by atoms with Crippen LogP contribution >= 0.6 is 11.6 Å². The number of nitrogens with zero attached hydrogens (tertiary/aromatic N) is 35. The summed E-state index contributed by atoms with van der Waals surface area (Å²) in [6, 6.07) is 3.40. The van der Waals surface area contributed by atoms with E-state index in [-0.39, 0.29) is 91.9 Å². The van der Waals surface area contributed by atoms with E-state index in [0.29, 0.717) is 97.9 Å². The quantitative estimate of drug-likeness (QED) is 0.0752. The van der Waals surface area contributed by atoms with Crippen molar-refractivity contribution < 1.29 is 14.3 Å². The maximum absolute atomic E-state index is 12.4. The van der Waals surface area contributed by atoms with Crippen LogP contribution in [0, 0.1) is 19.7 Å². The van der Waals surface area contributed by atoms with Crippen LogP contribution in [0.1, 0.15) is 36.8 Å². The van der Waals surface area contributed by atoms with E-state index in [0.717, 1.165) is 50.1 Å². The Hall–Kier alpha value is -19.3. The molecule has 0 saturated heterocycles. The first-order valence-corrected chi connectivity index (χ1v) is 40.5. The van der Waals surface area contributed by atoms with Gasteiger partial charge in [-0.2, -0.15) is 64.8 Å². The van der Waals surface area contributed by atoms with Crippen LogP contribution in [0.15, 0.2) is 138 Å². The number of imidazole rings is 7. The monoisotopic (exact) mass is 1940 g/mol. The Labute approximate surface area is 782 Å². The summed E-state index contributed by atoms with van der Waals surface area (Å²) in [5.41, 5.74) is 65.9. The molecule has 0 aromatic carbocycles. The van der Waals surface area contributed by atoms with Gasteiger partial charge in [-0.1, -0.05) is 11.6 Å². The minimum absolute atomic E-state index is 0.0924. The Morgan fingerprint density at radius 3 is 1.37 bits per heavy atom. The molecule has 0 amide bonds. The van der Waals surface area contributed by atoms with Gasteiger partial charge in [-0.05, 0) is 45.6 Å². The van der Waals surface area contributed by atoms with Crippen molar-refractivity contribution in [3.63, 3.8) is 0 Å². The summed E-state index contributed by atoms with van der Waals surface area (Å²) in [5.74, 6) is 1.61. The Morgan fingerprint density at radius 2 is 0.849 bits per heavy atom. The van der Waals surface area contributed by atoms with E-state index >= 15 is 0 Å². The van der Waals surface area contributed by atoms with Crippen molar-refractivity contribution in [1.29, 1.82) is 0 Å². The van der Waals surface area contributed by atoms with E-state index in [1.165, 1.54) is 69.3 Å². The highest BCUT2D eigenvalue weighted by atomic mass is 35.5. The molecule has 61 nitrogen and oxygen atoms in total. The number of rotatable bonds is 5. The Balaban J connectivity index is 0.000000157. The van der Waals surface area contributed by atoms with Gasteiger partial charge in [-0.15, -0.1) is 0 Å². The van der Waals surface area contributed by atoms with Gasteiger partial charge in [0.2, 0.25) is 35.7 Å². The van der Waals surface area contributed by atoms with Crippen LogP contribution in [-0.2, 0) is 89.4 Å². The van der Waals surface area contributed by atoms with Gasteiger partial charge in [0.25, 0.3) is 16.7 Å². The number of halogens is 2. The zero-order valence-corrected chi connectivity index (χ0v) is 77.3. The van der Waals surface area contributed by atoms with Gasteiger partial charge in [0.15, 0.2) is 96.1 Å². The molecular formula is C76H95ClFN51O10. The number of carboxylic acids is 1. The van der Waals surface area contributed by atoms with Gasteiger partial charge >= 0.3 is 34.4 Å². The van der Waals surface area contributed by atoms with Crippen LogP contribution in [0.2, 0.25) is 5.15 Å². The Kier molecular flexibility index (Phi) is 32.1. The van der Waals surface area contributed by atoms with Crippen molar-refractivity contribution in [2.45, 2.75) is 51.1 Å². The molecule has 2 saturated carbocycles. The van der Waals surface area contributed by atoms with Gasteiger partial charge in [-0.25, -0.2) is 83.0 Å². The van der Waals surface area contributed by atoms with E-state index in [1.807, 2.05) is 46.7 Å². The normalized spacial score (nSPS) is 11.7. The molecule has 21 rings (SSSR count). The first-order chi connectivity index (χ1) is 65.6. The fourth-order valence-electron chi connectivity index (χ4n) is 11.2. The second-order valence-corrected chi connectivity index (χ2v) is 30.4. The number of nitrogens with one attached hydrogen (secondary N) is 5. The van der Waals surface area contributed by atoms with Gasteiger partial charge in [0.05, 0.1) is 50.5 Å². The molecule has 2 fully saturated rings. The predicted octanol–water partition coefficient (Wildman–Crippen LogP) is -3.26. The molecule has 2 aliphatic rings. The average Bonchev–Trinajstić information content (AvgIpc) is 1.60. The lowest BCUT2D eigenvalue weighted by molar-refractivity contribution is -0.138. The lowest BCUT2D eigenvalue weighted by Gasteiger charge is -2.13. The summed E-state index contributed by atoms with van der Waals surface area (Å²) in [6.45, 7) is 3.46. The standard InChI is InChI=1S/C10H12N6O2.C9H12N6.C6H6ClN5.C6H8N6.C6H7N5O.2C6H7N5.C6H9N3O.C6H8N2O2.C5H6FN3O.C5H7N3O.C5H6N2O2/c1-16-4-12-5-6(13-9(11)14-7(5)16)15-10(2-3-10)8(17)18;1-15-4-11-6-7(12-5-2-3-5)13-9(10)14-8(6)15;2*1-12-2-9-3-4(7)10-6(8)11-5(3)12;1-11-2-8-3-4(11)9-6(7)10-5(3)12;1-11-3-10-4-5(7)8-2-9-6(4)11;1-11-3-9-4-2-8-6(7)10-5(4)11;1-4-3-9(2)6(10)8-5(4)7;1-4-3-8(2)6(10)7-5(4)9;1-9-2-3(6)4(7)8-5(9)10;1-8-3-2-4(6)7-5(8)9;1-7-3-2-4(8)6-5(7)9/h4H,2-3H2,1H3,(H,17,18)(H3,11,13,14,15);4-5H,2-3H2,1H3,(H3,10,12,13,14);2H,1H3,(H2,8,10,11);2H,1H3,(H4,7,8,10,11);2H,1H3,(H3,7,9,10,12);2-3H,1H3,(H2,7,8,9);2-3H,1H3,(H2,7,8,10);3H,1-2H3,(H2,7,8,10);3H,1-2H3,(H,7,9,10);2H,1H3,(H2,7,8,10);2-3H,1H3,(H2,6,7,9);2-3H,1H3,(H,6,8,9). The largest absolute Gasteiger partial charge is 0.480 e. The highest BCUT2D eigenvalue weighted by Gasteiger charge is 2.51. The highest BCUT2D eigenvalue weighted by Crippen LogP contribution is 2.40. The number of carboxylic acid groups (broad SMARTS) is 1. The predicted molar refractivity (Wildman–Crippen MR) is 513 cm³/mol. The smallest absolute Gasteiger partial charge is 0.349 e. The summed E-state index contributed by atoms with van der Waals surface area (Å²) >= 11 is 5.77. The van der Waals surface area contributed by atoms with E-state index in [2.05, 4.69) is 140 Å². The van der Waals surface area contributed by atoms with Crippen LogP contribution in [0.25, 0.3) is 78.1 Å². The maximum atomic E-state index is 12.4. The molecule has 63 heteroatoms. The second kappa shape index (κ2) is 43.9. The van der Waals surface area contributed by atoms with Crippen LogP contribution in [-0.4, -0.2) is 207 Å². The molecule has 19 aromatic heterocycles. The fourth-order valence-corrected chi connectivity index (χ4v) is 11.4. The number of aryl methyl sites for hydroxylation is 14. The lowest BCUT2D eigenvalue weighted by atomic mass is 10.2. The number of carbonyl (C=O) groups is 1. The van der Waals surface area contributed by atoms with Crippen LogP contribution in [0.3, 0.4) is 0 Å². The van der Waals surface area contributed by atoms with E-state index in [1.54, 1.807) is 139 Å². The van der Waals surface area contributed by atoms with Crippen LogP contribution in [0.4, 0.5) is 80.8 Å². The topological polar surface area (TPSA) is 887 Å². The summed E-state index contributed by atoms with van der Waals surface area (Å²) < 4.78 is 31.1. The van der Waals surface area contributed by atoms with Crippen molar-refractivity contribution in [3.05, 3.63) is 206 Å². The molecule has 0 radical (unpaired) electrons. The Morgan fingerprint density at radius 1 is 0.403 bits per heavy atom. The first kappa shape index (κ1) is 102. The van der Waals surface area contributed by atoms with Crippen molar-refractivity contribution in [3.8, 4) is 0 Å². The zero-order chi connectivity index (χ0) is 102. The molecule has 2 aliphatic carbocycles. The lowest BCUT2D eigenvalue weighted by Crippen LogP contribution is -2.32. The number of hydrogen-bond donors (Lipinski definition) is 17. The molecule has 28 N–H and O–H groups in total. The molecule has 0 unspecified atom stereocenters. The molecule has 0 aliphatic heterocycles. The molecule has 19 heterocycles. The summed E-state index contributed by atoms with van der Waals surface area (Å²) in [6.07, 6.45) is 25.1. The molecule has 0 bridgehead atoms. The number of nitrogen functional groups attached to an aromatic ring is 11. The maximum Gasteiger partial charge on any atom is 0.349 e. The highest BCUT2D eigenvalue weighted by molar-refractivity contribution is 6.33. The number of anilines is 13. The summed E-state index contributed by atoms with van der Waals surface area (Å²) in [7, 11) is 20.6. The fraction of sp³-hybridized carbons (Fsp3) is 0.263. The number of aliphatic carboxylic acids is 1. The van der Waals surface area contributed by atoms with Gasteiger partial charge in [0, 0.05) is 139 Å². The van der Waals surface area contributed by atoms with E-state index < -0.39 is 23.0 Å². The SMILES string of the molecule is Cc1cn(C)c(=O)[nH]c1=O.Cc1cn(C)c(=O)nc1N.Cn1cc(F)c(N)nc1=O.Cn1ccc(=O)[nH]c1=O.Cn1ccc(N)nc1=O.Cn1cnc2c(=O)[nH]c(N)nc21.Cn1cnc2c(Cl)nc(N)nc21.Cn1cnc2c(N)nc(N)nc21.Cn1cnc2c(N)ncnc21.Cn1cnc2c(NC3(C(=O)O)CC3)nc(N)nc21.Cn1cnc2c(NC3CC3)nc(N)nc21.Cn1cnc2cnc(N)nc21. The third kappa shape index (κ3) is 26.4. The number of aromatic amines is 3. The van der Waals surface area contributed by atoms with Gasteiger partial charge in [-0.3, -0.25) is 33.9 Å². The van der Waals surface area contributed by atoms with Crippen molar-refractivity contribution in [1.82, 2.24) is 184 Å². The van der Waals surface area contributed by atoms with E-state index in [4.69, 9.17) is 79.8 Å². The van der Waals surface area contributed by atoms with Crippen molar-refractivity contribution in [2.75, 3.05) is 73.7 Å². The molecule has 0 spiro atoms. The van der Waals surface area contributed by atoms with Crippen LogP contribution < -0.4 is 119 Å². The number of fused-ring (bicyclic) bond motifs is 7. The average molecular weight is 1940 g/mol.